The molecule has 7 nitrogen and oxygen atoms in total. The minimum atomic E-state index is 0.0191. The Bertz CT molecular complexity index is 1250. The fraction of sp³-hybridized carbons (Fsp3) is 0.217. The van der Waals surface area contributed by atoms with E-state index in [0.29, 0.717) is 18.7 Å². The zero-order valence-corrected chi connectivity index (χ0v) is 16.9. The number of pyridine rings is 2. The molecule has 0 radical (unpaired) electrons. The Morgan fingerprint density at radius 1 is 1.10 bits per heavy atom. The average molecular weight is 399 g/mol. The maximum Gasteiger partial charge on any atom is 0.254 e. The van der Waals surface area contributed by atoms with Gasteiger partial charge in [-0.1, -0.05) is 0 Å². The monoisotopic (exact) mass is 399 g/mol. The third-order valence-corrected chi connectivity index (χ3v) is 5.48. The molecule has 1 aliphatic rings. The predicted molar refractivity (Wildman–Crippen MR) is 113 cm³/mol. The fourth-order valence-corrected chi connectivity index (χ4v) is 3.84. The van der Waals surface area contributed by atoms with Crippen LogP contribution >= 0.6 is 0 Å². The SMILES string of the molecule is COc1ccc(C(=O)N2CCc3nc4ncc(-c5cnn(C)c5)cc4cc3C2)cc1. The van der Waals surface area contributed by atoms with E-state index in [1.165, 1.54) is 0 Å². The van der Waals surface area contributed by atoms with Crippen LogP contribution in [-0.4, -0.2) is 44.2 Å². The van der Waals surface area contributed by atoms with E-state index >= 15 is 0 Å². The van der Waals surface area contributed by atoms with Crippen LogP contribution in [0.4, 0.5) is 0 Å². The smallest absolute Gasteiger partial charge is 0.254 e. The molecule has 5 rings (SSSR count). The Morgan fingerprint density at radius 2 is 1.93 bits per heavy atom. The van der Waals surface area contributed by atoms with E-state index in [1.54, 1.807) is 23.9 Å². The zero-order valence-electron chi connectivity index (χ0n) is 16.9. The highest BCUT2D eigenvalue weighted by atomic mass is 16.5. The van der Waals surface area contributed by atoms with Crippen molar-refractivity contribution in [2.24, 2.45) is 7.05 Å². The predicted octanol–water partition coefficient (Wildman–Crippen LogP) is 3.24. The number of carbonyl (C=O) groups is 1. The molecular formula is C23H21N5O2. The van der Waals surface area contributed by atoms with Crippen LogP contribution in [-0.2, 0) is 20.0 Å². The molecule has 0 atom stereocenters. The number of amides is 1. The van der Waals surface area contributed by atoms with Gasteiger partial charge in [0.1, 0.15) is 5.75 Å². The number of carbonyl (C=O) groups excluding carboxylic acids is 1. The van der Waals surface area contributed by atoms with Gasteiger partial charge in [-0.2, -0.15) is 5.10 Å². The van der Waals surface area contributed by atoms with Gasteiger partial charge in [-0.3, -0.25) is 9.48 Å². The quantitative estimate of drug-likeness (QED) is 0.529. The second kappa shape index (κ2) is 7.26. The molecule has 30 heavy (non-hydrogen) atoms. The normalized spacial score (nSPS) is 13.3. The number of methoxy groups -OCH3 is 1. The molecular weight excluding hydrogens is 378 g/mol. The van der Waals surface area contributed by atoms with Gasteiger partial charge in [0.25, 0.3) is 5.91 Å². The third kappa shape index (κ3) is 3.28. The van der Waals surface area contributed by atoms with Gasteiger partial charge in [0.05, 0.1) is 13.3 Å². The molecule has 0 unspecified atom stereocenters. The van der Waals surface area contributed by atoms with Gasteiger partial charge in [0.15, 0.2) is 5.65 Å². The van der Waals surface area contributed by atoms with E-state index in [0.717, 1.165) is 45.6 Å². The summed E-state index contributed by atoms with van der Waals surface area (Å²) in [7, 11) is 3.51. The van der Waals surface area contributed by atoms with E-state index in [2.05, 4.69) is 22.2 Å². The van der Waals surface area contributed by atoms with Crippen LogP contribution < -0.4 is 4.74 Å². The summed E-state index contributed by atoms with van der Waals surface area (Å²) in [6.07, 6.45) is 6.34. The lowest BCUT2D eigenvalue weighted by Crippen LogP contribution is -2.36. The van der Waals surface area contributed by atoms with Gasteiger partial charge >= 0.3 is 0 Å². The van der Waals surface area contributed by atoms with Crippen molar-refractivity contribution in [3.8, 4) is 16.9 Å². The Balaban J connectivity index is 1.44. The van der Waals surface area contributed by atoms with Gasteiger partial charge in [-0.25, -0.2) is 9.97 Å². The number of ether oxygens (including phenoxy) is 1. The first-order valence-electron chi connectivity index (χ1n) is 9.81. The maximum atomic E-state index is 13.0. The topological polar surface area (TPSA) is 73.1 Å². The van der Waals surface area contributed by atoms with Crippen LogP contribution in [0.3, 0.4) is 0 Å². The molecule has 0 bridgehead atoms. The zero-order chi connectivity index (χ0) is 20.7. The first kappa shape index (κ1) is 18.3. The second-order valence-electron chi connectivity index (χ2n) is 7.47. The molecule has 0 N–H and O–H groups in total. The Hall–Kier alpha value is -3.74. The molecule has 0 spiro atoms. The summed E-state index contributed by atoms with van der Waals surface area (Å²) in [5.74, 6) is 0.758. The highest BCUT2D eigenvalue weighted by Crippen LogP contribution is 2.26. The van der Waals surface area contributed by atoms with Crippen LogP contribution in [0, 0.1) is 0 Å². The molecule has 150 valence electrons. The molecule has 0 saturated carbocycles. The van der Waals surface area contributed by atoms with E-state index in [-0.39, 0.29) is 5.91 Å². The summed E-state index contributed by atoms with van der Waals surface area (Å²) < 4.78 is 6.95. The van der Waals surface area contributed by atoms with Crippen molar-refractivity contribution in [3.63, 3.8) is 0 Å². The summed E-state index contributed by atoms with van der Waals surface area (Å²) in [5, 5.41) is 5.20. The van der Waals surface area contributed by atoms with Crippen LogP contribution in [0.5, 0.6) is 5.75 Å². The number of hydrogen-bond donors (Lipinski definition) is 0. The molecule has 0 aliphatic carbocycles. The van der Waals surface area contributed by atoms with E-state index in [4.69, 9.17) is 9.72 Å². The first-order chi connectivity index (χ1) is 14.6. The van der Waals surface area contributed by atoms with Gasteiger partial charge in [-0.05, 0) is 42.0 Å². The van der Waals surface area contributed by atoms with E-state index in [9.17, 15) is 4.79 Å². The maximum absolute atomic E-state index is 13.0. The van der Waals surface area contributed by atoms with Crippen molar-refractivity contribution in [1.29, 1.82) is 0 Å². The Kier molecular flexibility index (Phi) is 4.43. The lowest BCUT2D eigenvalue weighted by Gasteiger charge is -2.28. The summed E-state index contributed by atoms with van der Waals surface area (Å²) in [6, 6.07) is 11.4. The van der Waals surface area contributed by atoms with Crippen molar-refractivity contribution in [2.45, 2.75) is 13.0 Å². The largest absolute Gasteiger partial charge is 0.497 e. The van der Waals surface area contributed by atoms with E-state index in [1.807, 2.05) is 42.7 Å². The Morgan fingerprint density at radius 3 is 2.67 bits per heavy atom. The lowest BCUT2D eigenvalue weighted by molar-refractivity contribution is 0.0733. The number of rotatable bonds is 3. The summed E-state index contributed by atoms with van der Waals surface area (Å²) in [4.78, 5) is 24.1. The molecule has 3 aromatic heterocycles. The number of nitrogens with zero attached hydrogens (tertiary/aromatic N) is 5. The molecule has 4 aromatic rings. The number of aromatic nitrogens is 4. The van der Waals surface area contributed by atoms with Crippen LogP contribution in [0.15, 0.2) is 55.0 Å². The van der Waals surface area contributed by atoms with Gasteiger partial charge < -0.3 is 9.64 Å². The molecule has 0 saturated heterocycles. The summed E-state index contributed by atoms with van der Waals surface area (Å²) in [6.45, 7) is 1.18. The molecule has 1 aromatic carbocycles. The molecule has 4 heterocycles. The van der Waals surface area contributed by atoms with Crippen molar-refractivity contribution >= 4 is 16.9 Å². The van der Waals surface area contributed by atoms with Crippen molar-refractivity contribution in [2.75, 3.05) is 13.7 Å². The highest BCUT2D eigenvalue weighted by Gasteiger charge is 2.23. The number of benzene rings is 1. The van der Waals surface area contributed by atoms with Crippen molar-refractivity contribution in [1.82, 2.24) is 24.6 Å². The number of aryl methyl sites for hydroxylation is 1. The minimum Gasteiger partial charge on any atom is -0.497 e. The summed E-state index contributed by atoms with van der Waals surface area (Å²) in [5.41, 5.74) is 5.49. The second-order valence-corrected chi connectivity index (χ2v) is 7.47. The van der Waals surface area contributed by atoms with Gasteiger partial charge in [0, 0.05) is 66.7 Å². The Labute approximate surface area is 173 Å². The van der Waals surface area contributed by atoms with E-state index < -0.39 is 0 Å². The molecule has 1 aliphatic heterocycles. The lowest BCUT2D eigenvalue weighted by atomic mass is 10.0. The molecule has 1 amide bonds. The van der Waals surface area contributed by atoms with Crippen LogP contribution in [0.1, 0.15) is 21.6 Å². The minimum absolute atomic E-state index is 0.0191. The molecule has 7 heteroatoms. The first-order valence-corrected chi connectivity index (χ1v) is 9.81. The standard InChI is InChI=1S/C23H21N5O2/c1-27-13-19(12-25-27)17-9-16-10-18-14-28(8-7-21(18)26-22(16)24-11-17)23(29)15-3-5-20(30-2)6-4-15/h3-6,9-13H,7-8,14H2,1-2H3. The molecule has 0 fully saturated rings. The average Bonchev–Trinajstić information content (AvgIpc) is 3.22. The number of fused-ring (bicyclic) bond motifs is 2. The summed E-state index contributed by atoms with van der Waals surface area (Å²) >= 11 is 0. The number of hydrogen-bond acceptors (Lipinski definition) is 5. The van der Waals surface area contributed by atoms with Crippen LogP contribution in [0.2, 0.25) is 0 Å². The fourth-order valence-electron chi connectivity index (χ4n) is 3.84. The van der Waals surface area contributed by atoms with Crippen LogP contribution in [0.25, 0.3) is 22.2 Å². The van der Waals surface area contributed by atoms with Gasteiger partial charge in [-0.15, -0.1) is 0 Å². The van der Waals surface area contributed by atoms with Gasteiger partial charge in [0.2, 0.25) is 0 Å². The van der Waals surface area contributed by atoms with Crippen molar-refractivity contribution in [3.05, 3.63) is 71.8 Å². The highest BCUT2D eigenvalue weighted by molar-refractivity contribution is 5.94. The van der Waals surface area contributed by atoms with Crippen molar-refractivity contribution < 1.29 is 9.53 Å². The third-order valence-electron chi connectivity index (χ3n) is 5.48.